The van der Waals surface area contributed by atoms with Crippen molar-refractivity contribution in [1.29, 1.82) is 0 Å². The second-order valence-electron chi connectivity index (χ2n) is 5.14. The van der Waals surface area contributed by atoms with Gasteiger partial charge in [-0.3, -0.25) is 9.69 Å². The molecule has 2 saturated heterocycles. The second-order valence-corrected chi connectivity index (χ2v) is 5.14. The number of amides is 5. The maximum Gasteiger partial charge on any atom is 0.334 e. The van der Waals surface area contributed by atoms with E-state index in [1.54, 1.807) is 0 Å². The zero-order valence-electron chi connectivity index (χ0n) is 12.1. The first-order valence-electron chi connectivity index (χ1n) is 7.20. The van der Waals surface area contributed by atoms with Gasteiger partial charge in [0, 0.05) is 13.1 Å². The summed E-state index contributed by atoms with van der Waals surface area (Å²) in [5.41, 5.74) is 0. The Kier molecular flexibility index (Phi) is 5.51. The van der Waals surface area contributed by atoms with E-state index < -0.39 is 12.1 Å². The Morgan fingerprint density at radius 3 is 2.48 bits per heavy atom. The van der Waals surface area contributed by atoms with Crippen LogP contribution in [0, 0.1) is 0 Å². The van der Waals surface area contributed by atoms with Crippen LogP contribution in [0.2, 0.25) is 0 Å². The largest absolute Gasteiger partial charge is 0.371 e. The summed E-state index contributed by atoms with van der Waals surface area (Å²) < 4.78 is 10.0. The molecule has 2 heterocycles. The number of imide groups is 2. The van der Waals surface area contributed by atoms with E-state index >= 15 is 0 Å². The fourth-order valence-corrected chi connectivity index (χ4v) is 1.80. The van der Waals surface area contributed by atoms with Crippen LogP contribution in [-0.4, -0.2) is 73.3 Å². The van der Waals surface area contributed by atoms with Crippen molar-refractivity contribution in [2.24, 2.45) is 0 Å². The quantitative estimate of drug-likeness (QED) is 0.509. The molecule has 2 fully saturated rings. The number of hydrogen-bond donors (Lipinski definition) is 1. The average Bonchev–Trinajstić information content (AvgIpc) is 3.37. The minimum atomic E-state index is -0.608. The first-order chi connectivity index (χ1) is 10.2. The van der Waals surface area contributed by atoms with Crippen LogP contribution in [0.25, 0.3) is 0 Å². The van der Waals surface area contributed by atoms with Gasteiger partial charge in [0.2, 0.25) is 6.41 Å². The van der Waals surface area contributed by atoms with Crippen LogP contribution in [0.15, 0.2) is 0 Å². The van der Waals surface area contributed by atoms with Gasteiger partial charge in [0.15, 0.2) is 0 Å². The molecule has 1 N–H and O–H groups in total. The highest BCUT2D eigenvalue weighted by Gasteiger charge is 2.32. The molecule has 0 saturated carbocycles. The Hall–Kier alpha value is -1.67. The maximum absolute atomic E-state index is 12.3. The van der Waals surface area contributed by atoms with Crippen molar-refractivity contribution in [2.45, 2.75) is 32.0 Å². The Bertz CT molecular complexity index is 395. The molecule has 2 atom stereocenters. The number of ether oxygens (including phenoxy) is 2. The van der Waals surface area contributed by atoms with Gasteiger partial charge in [-0.25, -0.2) is 14.5 Å². The predicted octanol–water partition coefficient (Wildman–Crippen LogP) is 0.174. The van der Waals surface area contributed by atoms with Gasteiger partial charge in [-0.15, -0.1) is 0 Å². The van der Waals surface area contributed by atoms with E-state index in [0.717, 1.165) is 16.2 Å². The number of unbranched alkanes of at least 4 members (excludes halogenated alkanes) is 1. The van der Waals surface area contributed by atoms with Gasteiger partial charge in [-0.05, 0) is 6.42 Å². The molecule has 2 aliphatic rings. The van der Waals surface area contributed by atoms with Crippen molar-refractivity contribution in [2.75, 3.05) is 32.8 Å². The molecule has 0 bridgehead atoms. The van der Waals surface area contributed by atoms with Crippen molar-refractivity contribution < 1.29 is 23.9 Å². The molecule has 0 spiro atoms. The molecule has 2 unspecified atom stereocenters. The summed E-state index contributed by atoms with van der Waals surface area (Å²) in [5, 5.41) is 2.65. The lowest BCUT2D eigenvalue weighted by Crippen LogP contribution is -2.51. The molecule has 5 amide bonds. The van der Waals surface area contributed by atoms with Crippen molar-refractivity contribution in [3.05, 3.63) is 0 Å². The van der Waals surface area contributed by atoms with Crippen LogP contribution >= 0.6 is 0 Å². The molecule has 8 nitrogen and oxygen atoms in total. The predicted molar refractivity (Wildman–Crippen MR) is 72.7 cm³/mol. The zero-order valence-corrected chi connectivity index (χ0v) is 12.1. The zero-order chi connectivity index (χ0) is 15.2. The molecule has 118 valence electrons. The third kappa shape index (κ3) is 4.98. The van der Waals surface area contributed by atoms with Crippen LogP contribution in [0.1, 0.15) is 19.8 Å². The van der Waals surface area contributed by atoms with Crippen molar-refractivity contribution in [3.63, 3.8) is 0 Å². The number of urea groups is 2. The topological polar surface area (TPSA) is 94.8 Å². The third-order valence-corrected chi connectivity index (χ3v) is 3.27. The smallest absolute Gasteiger partial charge is 0.334 e. The van der Waals surface area contributed by atoms with E-state index in [1.807, 2.05) is 6.92 Å². The van der Waals surface area contributed by atoms with Crippen LogP contribution < -0.4 is 5.32 Å². The van der Waals surface area contributed by atoms with Gasteiger partial charge in [0.25, 0.3) is 0 Å². The van der Waals surface area contributed by atoms with Gasteiger partial charge in [0.05, 0.1) is 32.0 Å². The molecule has 2 rings (SSSR count). The van der Waals surface area contributed by atoms with Crippen molar-refractivity contribution >= 4 is 18.5 Å². The SMILES string of the molecule is CCCCN(C(=O)NCC1CO1)C(=O)N(C=O)CC1CO1. The highest BCUT2D eigenvalue weighted by Crippen LogP contribution is 2.12. The van der Waals surface area contributed by atoms with E-state index in [-0.39, 0.29) is 25.3 Å². The summed E-state index contributed by atoms with van der Waals surface area (Å²) in [7, 11) is 0. The number of nitrogens with one attached hydrogen (secondary N) is 1. The highest BCUT2D eigenvalue weighted by atomic mass is 16.6. The Labute approximate surface area is 123 Å². The van der Waals surface area contributed by atoms with E-state index in [4.69, 9.17) is 9.47 Å². The first kappa shape index (κ1) is 15.7. The maximum atomic E-state index is 12.3. The van der Waals surface area contributed by atoms with Crippen LogP contribution in [-0.2, 0) is 14.3 Å². The monoisotopic (exact) mass is 299 g/mol. The third-order valence-electron chi connectivity index (χ3n) is 3.27. The van der Waals surface area contributed by atoms with E-state index in [9.17, 15) is 14.4 Å². The van der Waals surface area contributed by atoms with Crippen molar-refractivity contribution in [3.8, 4) is 0 Å². The van der Waals surface area contributed by atoms with Gasteiger partial charge < -0.3 is 14.8 Å². The number of rotatable bonds is 8. The molecule has 0 aromatic carbocycles. The van der Waals surface area contributed by atoms with Gasteiger partial charge in [-0.2, -0.15) is 0 Å². The second kappa shape index (κ2) is 7.37. The van der Waals surface area contributed by atoms with Gasteiger partial charge in [-0.1, -0.05) is 13.3 Å². The molecule has 2 aliphatic heterocycles. The number of nitrogens with zero attached hydrogens (tertiary/aromatic N) is 2. The Balaban J connectivity index is 1.91. The van der Waals surface area contributed by atoms with Crippen LogP contribution in [0.3, 0.4) is 0 Å². The van der Waals surface area contributed by atoms with Crippen LogP contribution in [0.5, 0.6) is 0 Å². The molecular formula is C13H21N3O5. The summed E-state index contributed by atoms with van der Waals surface area (Å²) in [6.45, 7) is 3.97. The van der Waals surface area contributed by atoms with E-state index in [2.05, 4.69) is 5.32 Å². The minimum Gasteiger partial charge on any atom is -0.371 e. The standard InChI is InChI=1S/C13H21N3O5/c1-2-3-4-16(12(18)14-5-10-7-20-10)13(19)15(9-17)6-11-8-21-11/h9-11H,2-8H2,1H3,(H,14,18). The minimum absolute atomic E-state index is 0.0408. The summed E-state index contributed by atoms with van der Waals surface area (Å²) in [6, 6.07) is -1.10. The average molecular weight is 299 g/mol. The summed E-state index contributed by atoms with van der Waals surface area (Å²) in [5.74, 6) is 0. The molecule has 8 heteroatoms. The lowest BCUT2D eigenvalue weighted by molar-refractivity contribution is -0.116. The number of hydrogen-bond acceptors (Lipinski definition) is 5. The molecule has 0 radical (unpaired) electrons. The molecule has 0 aliphatic carbocycles. The van der Waals surface area contributed by atoms with Crippen molar-refractivity contribution in [1.82, 2.24) is 15.1 Å². The van der Waals surface area contributed by atoms with E-state index in [0.29, 0.717) is 32.6 Å². The Morgan fingerprint density at radius 1 is 1.29 bits per heavy atom. The summed E-state index contributed by atoms with van der Waals surface area (Å²) >= 11 is 0. The molecule has 0 aromatic heterocycles. The fraction of sp³-hybridized carbons (Fsp3) is 0.769. The Morgan fingerprint density at radius 2 is 1.95 bits per heavy atom. The van der Waals surface area contributed by atoms with Crippen LogP contribution in [0.4, 0.5) is 9.59 Å². The number of epoxide rings is 2. The highest BCUT2D eigenvalue weighted by molar-refractivity contribution is 5.97. The fourth-order valence-electron chi connectivity index (χ4n) is 1.80. The summed E-state index contributed by atoms with van der Waals surface area (Å²) in [6.07, 6.45) is 1.91. The van der Waals surface area contributed by atoms with Gasteiger partial charge >= 0.3 is 12.1 Å². The van der Waals surface area contributed by atoms with Gasteiger partial charge in [0.1, 0.15) is 0 Å². The number of carbonyl (C=O) groups is 3. The van der Waals surface area contributed by atoms with E-state index in [1.165, 1.54) is 0 Å². The lowest BCUT2D eigenvalue weighted by Gasteiger charge is -2.25. The number of carbonyl (C=O) groups excluding carboxylic acids is 3. The normalized spacial score (nSPS) is 22.3. The molecule has 21 heavy (non-hydrogen) atoms. The molecular weight excluding hydrogens is 278 g/mol. The summed E-state index contributed by atoms with van der Waals surface area (Å²) in [4.78, 5) is 37.5. The molecule has 0 aromatic rings. The lowest BCUT2D eigenvalue weighted by atomic mass is 10.3. The first-order valence-corrected chi connectivity index (χ1v) is 7.20.